The number of hydrogen-bond acceptors (Lipinski definition) is 5. The Morgan fingerprint density at radius 2 is 1.75 bits per heavy atom. The second-order valence-corrected chi connectivity index (χ2v) is 9.41. The van der Waals surface area contributed by atoms with Gasteiger partial charge in [-0.05, 0) is 54.6 Å². The number of benzene rings is 2. The Hall–Kier alpha value is -3.20. The highest BCUT2D eigenvalue weighted by Gasteiger charge is 2.32. The summed E-state index contributed by atoms with van der Waals surface area (Å²) in [7, 11) is 0. The smallest absolute Gasteiger partial charge is 0.251 e. The quantitative estimate of drug-likeness (QED) is 0.322. The van der Waals surface area contributed by atoms with Gasteiger partial charge in [-0.1, -0.05) is 48.0 Å². The molecule has 3 rings (SSSR count). The summed E-state index contributed by atoms with van der Waals surface area (Å²) >= 11 is 7.58. The molecule has 0 aliphatic heterocycles. The Bertz CT molecular complexity index is 1110. The molecular weight excluding hydrogens is 498 g/mol. The molecule has 3 aromatic rings. The van der Waals surface area contributed by atoms with Gasteiger partial charge in [-0.3, -0.25) is 14.4 Å². The van der Waals surface area contributed by atoms with E-state index in [1.165, 1.54) is 16.2 Å². The average molecular weight is 528 g/mol. The molecule has 0 aliphatic rings. The molecule has 0 fully saturated rings. The molecular formula is C27H30ClN3O4S. The van der Waals surface area contributed by atoms with Crippen LogP contribution in [-0.4, -0.2) is 48.9 Å². The SMILES string of the molecule is CCOCCCNC(=O)[C@H](c1ccc(Cl)cc1)N(Cc1cccs1)C(=O)CNC(=O)c1ccccc1. The van der Waals surface area contributed by atoms with Gasteiger partial charge in [0.2, 0.25) is 11.8 Å². The van der Waals surface area contributed by atoms with Crippen LogP contribution in [-0.2, 0) is 20.9 Å². The molecule has 2 N–H and O–H groups in total. The van der Waals surface area contributed by atoms with Gasteiger partial charge in [0.15, 0.2) is 0 Å². The minimum absolute atomic E-state index is 0.220. The number of halogens is 1. The van der Waals surface area contributed by atoms with E-state index in [0.29, 0.717) is 42.3 Å². The molecule has 36 heavy (non-hydrogen) atoms. The highest BCUT2D eigenvalue weighted by atomic mass is 35.5. The Balaban J connectivity index is 1.83. The van der Waals surface area contributed by atoms with E-state index in [-0.39, 0.29) is 30.8 Å². The highest BCUT2D eigenvalue weighted by Crippen LogP contribution is 2.26. The summed E-state index contributed by atoms with van der Waals surface area (Å²) in [6.45, 7) is 3.44. The molecule has 1 atom stereocenters. The molecule has 0 saturated carbocycles. The lowest BCUT2D eigenvalue weighted by molar-refractivity contribution is -0.140. The normalized spacial score (nSPS) is 11.5. The largest absolute Gasteiger partial charge is 0.382 e. The van der Waals surface area contributed by atoms with Crippen molar-refractivity contribution in [2.24, 2.45) is 0 Å². The zero-order valence-corrected chi connectivity index (χ0v) is 21.7. The maximum Gasteiger partial charge on any atom is 0.251 e. The van der Waals surface area contributed by atoms with Crippen molar-refractivity contribution in [1.29, 1.82) is 0 Å². The number of rotatable bonds is 13. The van der Waals surface area contributed by atoms with Crippen molar-refractivity contribution in [3.05, 3.63) is 93.1 Å². The van der Waals surface area contributed by atoms with E-state index in [1.807, 2.05) is 30.5 Å². The lowest BCUT2D eigenvalue weighted by atomic mass is 10.0. The summed E-state index contributed by atoms with van der Waals surface area (Å²) in [5, 5.41) is 8.06. The lowest BCUT2D eigenvalue weighted by Gasteiger charge is -2.31. The number of ether oxygens (including phenoxy) is 1. The second-order valence-electron chi connectivity index (χ2n) is 7.95. The predicted octanol–water partition coefficient (Wildman–Crippen LogP) is 4.44. The van der Waals surface area contributed by atoms with Crippen molar-refractivity contribution < 1.29 is 19.1 Å². The molecule has 0 radical (unpaired) electrons. The van der Waals surface area contributed by atoms with Crippen LogP contribution in [0, 0.1) is 0 Å². The number of carbonyl (C=O) groups is 3. The van der Waals surface area contributed by atoms with Crippen LogP contribution in [0.25, 0.3) is 0 Å². The first-order valence-electron chi connectivity index (χ1n) is 11.8. The van der Waals surface area contributed by atoms with Crippen LogP contribution in [0.5, 0.6) is 0 Å². The maximum absolute atomic E-state index is 13.5. The van der Waals surface area contributed by atoms with Crippen molar-refractivity contribution in [3.8, 4) is 0 Å². The zero-order valence-electron chi connectivity index (χ0n) is 20.1. The molecule has 0 unspecified atom stereocenters. The fourth-order valence-electron chi connectivity index (χ4n) is 3.59. The third kappa shape index (κ3) is 8.19. The molecule has 0 spiro atoms. The van der Waals surface area contributed by atoms with Gasteiger partial charge in [-0.25, -0.2) is 0 Å². The lowest BCUT2D eigenvalue weighted by Crippen LogP contribution is -2.47. The maximum atomic E-state index is 13.5. The van der Waals surface area contributed by atoms with Gasteiger partial charge in [0.05, 0.1) is 13.1 Å². The first-order chi connectivity index (χ1) is 17.5. The Morgan fingerprint density at radius 3 is 2.42 bits per heavy atom. The third-order valence-corrected chi connectivity index (χ3v) is 6.49. The molecule has 7 nitrogen and oxygen atoms in total. The van der Waals surface area contributed by atoms with Gasteiger partial charge in [0, 0.05) is 35.2 Å². The second kappa shape index (κ2) is 14.4. The van der Waals surface area contributed by atoms with Crippen molar-refractivity contribution >= 4 is 40.7 Å². The fourth-order valence-corrected chi connectivity index (χ4v) is 4.42. The number of thiophene rings is 1. The van der Waals surface area contributed by atoms with Crippen LogP contribution in [0.15, 0.2) is 72.1 Å². The van der Waals surface area contributed by atoms with Gasteiger partial charge >= 0.3 is 0 Å². The molecule has 9 heteroatoms. The summed E-state index contributed by atoms with van der Waals surface area (Å²) < 4.78 is 5.35. The third-order valence-electron chi connectivity index (χ3n) is 5.38. The van der Waals surface area contributed by atoms with E-state index >= 15 is 0 Å². The molecule has 3 amide bonds. The van der Waals surface area contributed by atoms with Crippen molar-refractivity contribution in [1.82, 2.24) is 15.5 Å². The summed E-state index contributed by atoms with van der Waals surface area (Å²) in [5.74, 6) is -1.05. The highest BCUT2D eigenvalue weighted by molar-refractivity contribution is 7.09. The summed E-state index contributed by atoms with van der Waals surface area (Å²) in [4.78, 5) is 41.9. The van der Waals surface area contributed by atoms with Crippen molar-refractivity contribution in [2.45, 2.75) is 25.9 Å². The summed E-state index contributed by atoms with van der Waals surface area (Å²) in [6, 6.07) is 18.4. The molecule has 0 bridgehead atoms. The molecule has 2 aromatic carbocycles. The van der Waals surface area contributed by atoms with Gasteiger partial charge in [-0.15, -0.1) is 11.3 Å². The molecule has 1 heterocycles. The van der Waals surface area contributed by atoms with Gasteiger partial charge < -0.3 is 20.3 Å². The first kappa shape index (κ1) is 27.4. The van der Waals surface area contributed by atoms with E-state index in [1.54, 1.807) is 48.5 Å². The monoisotopic (exact) mass is 527 g/mol. The minimum atomic E-state index is -0.905. The molecule has 0 aliphatic carbocycles. The van der Waals surface area contributed by atoms with E-state index in [0.717, 1.165) is 4.88 Å². The number of hydrogen-bond donors (Lipinski definition) is 2. The standard InChI is InChI=1S/C27H30ClN3O4S/c1-2-35-16-7-15-29-27(34)25(20-11-13-22(28)14-12-20)31(19-23-10-6-17-36-23)24(32)18-30-26(33)21-8-4-3-5-9-21/h3-6,8-14,17,25H,2,7,15-16,18-19H2,1H3,(H,29,34)(H,30,33)/t25-/m0/s1. The fraction of sp³-hybridized carbons (Fsp3) is 0.296. The number of amides is 3. The van der Waals surface area contributed by atoms with E-state index in [9.17, 15) is 14.4 Å². The van der Waals surface area contributed by atoms with Crippen LogP contribution in [0.4, 0.5) is 0 Å². The van der Waals surface area contributed by atoms with Crippen LogP contribution in [0.2, 0.25) is 5.02 Å². The van der Waals surface area contributed by atoms with Crippen LogP contribution < -0.4 is 10.6 Å². The molecule has 0 saturated heterocycles. The Kier molecular flexibility index (Phi) is 10.9. The van der Waals surface area contributed by atoms with Crippen LogP contribution in [0.1, 0.15) is 40.2 Å². The minimum Gasteiger partial charge on any atom is -0.382 e. The van der Waals surface area contributed by atoms with Crippen molar-refractivity contribution in [2.75, 3.05) is 26.3 Å². The number of nitrogens with zero attached hydrogens (tertiary/aromatic N) is 1. The number of nitrogens with one attached hydrogen (secondary N) is 2. The topological polar surface area (TPSA) is 87.7 Å². The van der Waals surface area contributed by atoms with Gasteiger partial charge in [0.25, 0.3) is 5.91 Å². The molecule has 1 aromatic heterocycles. The van der Waals surface area contributed by atoms with E-state index in [2.05, 4.69) is 10.6 Å². The number of carbonyl (C=O) groups excluding carboxylic acids is 3. The Labute approximate surface area is 220 Å². The van der Waals surface area contributed by atoms with Gasteiger partial charge in [-0.2, -0.15) is 0 Å². The van der Waals surface area contributed by atoms with Crippen LogP contribution >= 0.6 is 22.9 Å². The first-order valence-corrected chi connectivity index (χ1v) is 13.0. The van der Waals surface area contributed by atoms with Gasteiger partial charge in [0.1, 0.15) is 6.04 Å². The van der Waals surface area contributed by atoms with Crippen molar-refractivity contribution in [3.63, 3.8) is 0 Å². The Morgan fingerprint density at radius 1 is 1.00 bits per heavy atom. The average Bonchev–Trinajstić information content (AvgIpc) is 3.41. The zero-order chi connectivity index (χ0) is 25.8. The summed E-state index contributed by atoms with van der Waals surface area (Å²) in [5.41, 5.74) is 1.08. The molecule has 190 valence electrons. The van der Waals surface area contributed by atoms with Crippen LogP contribution in [0.3, 0.4) is 0 Å². The predicted molar refractivity (Wildman–Crippen MR) is 142 cm³/mol. The van der Waals surface area contributed by atoms with E-state index in [4.69, 9.17) is 16.3 Å². The van der Waals surface area contributed by atoms with E-state index < -0.39 is 6.04 Å². The summed E-state index contributed by atoms with van der Waals surface area (Å²) in [6.07, 6.45) is 0.652.